The third-order valence-corrected chi connectivity index (χ3v) is 4.48. The van der Waals surface area contributed by atoms with E-state index in [0.29, 0.717) is 10.6 Å². The normalized spacial score (nSPS) is 11.3. The molecule has 3 rings (SSSR count). The van der Waals surface area contributed by atoms with Crippen LogP contribution in [-0.2, 0) is 0 Å². The van der Waals surface area contributed by atoms with E-state index in [0.717, 1.165) is 10.6 Å². The van der Waals surface area contributed by atoms with Crippen LogP contribution in [0.25, 0.3) is 22.2 Å². The van der Waals surface area contributed by atoms with Crippen molar-refractivity contribution in [1.82, 2.24) is 4.98 Å². The Balaban J connectivity index is 1.92. The van der Waals surface area contributed by atoms with Crippen LogP contribution >= 0.6 is 22.7 Å². The van der Waals surface area contributed by atoms with Crippen LogP contribution in [0.15, 0.2) is 39.4 Å². The first-order valence-electron chi connectivity index (χ1n) is 6.03. The lowest BCUT2D eigenvalue weighted by atomic mass is 10.2. The van der Waals surface area contributed by atoms with Crippen LogP contribution in [0.1, 0.15) is 10.8 Å². The van der Waals surface area contributed by atoms with Gasteiger partial charge in [0.1, 0.15) is 21.8 Å². The number of hydrogen-bond acceptors (Lipinski definition) is 7. The topological polar surface area (TPSA) is 93.0 Å². The molecule has 0 atom stereocenters. The molecule has 0 unspecified atom stereocenters. The Labute approximate surface area is 132 Å². The predicted octanol–water partition coefficient (Wildman–Crippen LogP) is 4.44. The molecule has 3 aromatic rings. The lowest BCUT2D eigenvalue weighted by Gasteiger charge is -1.91. The molecule has 0 saturated heterocycles. The monoisotopic (exact) mass is 329 g/mol. The molecule has 0 spiro atoms. The molecule has 0 aromatic carbocycles. The van der Waals surface area contributed by atoms with Gasteiger partial charge >= 0.3 is 5.88 Å². The average molecular weight is 329 g/mol. The summed E-state index contributed by atoms with van der Waals surface area (Å²) < 4.78 is 5.03. The van der Waals surface area contributed by atoms with Gasteiger partial charge in [0, 0.05) is 11.5 Å². The number of nitriles is 1. The second-order valence-electron chi connectivity index (χ2n) is 4.12. The third-order valence-electron chi connectivity index (χ3n) is 2.71. The summed E-state index contributed by atoms with van der Waals surface area (Å²) in [6.45, 7) is 0. The van der Waals surface area contributed by atoms with Crippen molar-refractivity contribution in [3.8, 4) is 16.6 Å². The van der Waals surface area contributed by atoms with Gasteiger partial charge in [0.05, 0.1) is 22.2 Å². The van der Waals surface area contributed by atoms with Crippen LogP contribution in [0.4, 0.5) is 5.88 Å². The molecule has 0 fully saturated rings. The van der Waals surface area contributed by atoms with Crippen molar-refractivity contribution in [3.63, 3.8) is 0 Å². The first kappa shape index (κ1) is 14.2. The van der Waals surface area contributed by atoms with Gasteiger partial charge in [-0.15, -0.1) is 22.7 Å². The SMILES string of the molecule is N#CC(=Cc1ccc([N+](=O)[O-])o1)c1nc(-c2cccs2)cs1. The Bertz CT molecular complexity index is 885. The molecular formula is C14H7N3O3S2. The summed E-state index contributed by atoms with van der Waals surface area (Å²) in [5, 5.41) is 24.2. The van der Waals surface area contributed by atoms with Crippen molar-refractivity contribution in [2.75, 3.05) is 0 Å². The Morgan fingerprint density at radius 1 is 1.41 bits per heavy atom. The van der Waals surface area contributed by atoms with Crippen molar-refractivity contribution in [3.05, 3.63) is 55.9 Å². The van der Waals surface area contributed by atoms with E-state index in [1.54, 1.807) is 11.3 Å². The smallest absolute Gasteiger partial charge is 0.401 e. The molecule has 3 heterocycles. The maximum absolute atomic E-state index is 10.6. The maximum Gasteiger partial charge on any atom is 0.433 e. The molecular weight excluding hydrogens is 322 g/mol. The fourth-order valence-electron chi connectivity index (χ4n) is 1.74. The van der Waals surface area contributed by atoms with Crippen molar-refractivity contribution < 1.29 is 9.34 Å². The minimum Gasteiger partial charge on any atom is -0.401 e. The summed E-state index contributed by atoms with van der Waals surface area (Å²) in [4.78, 5) is 15.4. The number of furan rings is 1. The number of rotatable bonds is 4. The van der Waals surface area contributed by atoms with Gasteiger partial charge in [-0.1, -0.05) is 6.07 Å². The molecule has 0 radical (unpaired) electrons. The Morgan fingerprint density at radius 2 is 2.27 bits per heavy atom. The van der Waals surface area contributed by atoms with Crippen LogP contribution in [0.5, 0.6) is 0 Å². The van der Waals surface area contributed by atoms with Gasteiger partial charge in [0.25, 0.3) is 0 Å². The zero-order chi connectivity index (χ0) is 15.5. The summed E-state index contributed by atoms with van der Waals surface area (Å²) in [7, 11) is 0. The number of nitro groups is 1. The van der Waals surface area contributed by atoms with E-state index >= 15 is 0 Å². The Hall–Kier alpha value is -2.76. The van der Waals surface area contributed by atoms with Crippen LogP contribution < -0.4 is 0 Å². The maximum atomic E-state index is 10.6. The zero-order valence-corrected chi connectivity index (χ0v) is 12.6. The molecule has 0 N–H and O–H groups in total. The lowest BCUT2D eigenvalue weighted by molar-refractivity contribution is -0.402. The van der Waals surface area contributed by atoms with Gasteiger partial charge in [0.2, 0.25) is 0 Å². The predicted molar refractivity (Wildman–Crippen MR) is 84.3 cm³/mol. The summed E-state index contributed by atoms with van der Waals surface area (Å²) in [6, 6.07) is 8.63. The first-order chi connectivity index (χ1) is 10.7. The molecule has 108 valence electrons. The summed E-state index contributed by atoms with van der Waals surface area (Å²) in [5.74, 6) is -0.113. The number of nitrogens with zero attached hydrogens (tertiary/aromatic N) is 3. The number of hydrogen-bond donors (Lipinski definition) is 0. The number of aromatic nitrogens is 1. The Kier molecular flexibility index (Phi) is 3.82. The van der Waals surface area contributed by atoms with E-state index in [2.05, 4.69) is 4.98 Å². The summed E-state index contributed by atoms with van der Waals surface area (Å²) in [5.41, 5.74) is 1.11. The first-order valence-corrected chi connectivity index (χ1v) is 7.79. The van der Waals surface area contributed by atoms with E-state index in [1.165, 1.54) is 29.5 Å². The minimum atomic E-state index is -0.623. The third kappa shape index (κ3) is 2.81. The lowest BCUT2D eigenvalue weighted by Crippen LogP contribution is -1.83. The zero-order valence-electron chi connectivity index (χ0n) is 10.9. The average Bonchev–Trinajstić information content (AvgIpc) is 3.23. The molecule has 0 amide bonds. The number of thiazole rings is 1. The molecule has 22 heavy (non-hydrogen) atoms. The Morgan fingerprint density at radius 3 is 2.91 bits per heavy atom. The van der Waals surface area contributed by atoms with Crippen LogP contribution in [0.3, 0.4) is 0 Å². The highest BCUT2D eigenvalue weighted by atomic mass is 32.1. The van der Waals surface area contributed by atoms with Gasteiger partial charge < -0.3 is 4.42 Å². The van der Waals surface area contributed by atoms with Gasteiger partial charge in [0.15, 0.2) is 0 Å². The van der Waals surface area contributed by atoms with E-state index < -0.39 is 4.92 Å². The number of thiophene rings is 1. The van der Waals surface area contributed by atoms with E-state index in [-0.39, 0.29) is 11.6 Å². The fraction of sp³-hybridized carbons (Fsp3) is 0. The van der Waals surface area contributed by atoms with Crippen molar-refractivity contribution >= 4 is 40.2 Å². The molecule has 8 heteroatoms. The number of allylic oxidation sites excluding steroid dienone is 1. The molecule has 3 aromatic heterocycles. The fourth-order valence-corrected chi connectivity index (χ4v) is 3.28. The quantitative estimate of drug-likeness (QED) is 0.401. The van der Waals surface area contributed by atoms with Crippen LogP contribution in [-0.4, -0.2) is 9.91 Å². The molecule has 0 bridgehead atoms. The van der Waals surface area contributed by atoms with Gasteiger partial charge in [-0.25, -0.2) is 4.98 Å². The summed E-state index contributed by atoms with van der Waals surface area (Å²) >= 11 is 2.91. The van der Waals surface area contributed by atoms with Crippen molar-refractivity contribution in [2.45, 2.75) is 0 Å². The van der Waals surface area contributed by atoms with E-state index in [9.17, 15) is 15.4 Å². The van der Waals surface area contributed by atoms with Gasteiger partial charge in [-0.2, -0.15) is 5.26 Å². The van der Waals surface area contributed by atoms with E-state index in [4.69, 9.17) is 4.42 Å². The van der Waals surface area contributed by atoms with Crippen LogP contribution in [0, 0.1) is 21.4 Å². The van der Waals surface area contributed by atoms with Crippen molar-refractivity contribution in [1.29, 1.82) is 5.26 Å². The highest BCUT2D eigenvalue weighted by Gasteiger charge is 2.13. The second-order valence-corrected chi connectivity index (χ2v) is 5.92. The van der Waals surface area contributed by atoms with Gasteiger partial charge in [-0.3, -0.25) is 10.1 Å². The largest absolute Gasteiger partial charge is 0.433 e. The molecule has 0 aliphatic rings. The highest BCUT2D eigenvalue weighted by molar-refractivity contribution is 7.14. The second kappa shape index (κ2) is 5.93. The van der Waals surface area contributed by atoms with Gasteiger partial charge in [-0.05, 0) is 17.5 Å². The summed E-state index contributed by atoms with van der Waals surface area (Å²) in [6.07, 6.45) is 1.45. The molecule has 0 aliphatic heterocycles. The molecule has 6 nitrogen and oxygen atoms in total. The minimum absolute atomic E-state index is 0.246. The highest BCUT2D eigenvalue weighted by Crippen LogP contribution is 2.30. The molecule has 0 aliphatic carbocycles. The molecule has 0 saturated carbocycles. The van der Waals surface area contributed by atoms with Crippen LogP contribution in [0.2, 0.25) is 0 Å². The van der Waals surface area contributed by atoms with E-state index in [1.807, 2.05) is 29.0 Å². The standard InChI is InChI=1S/C14H7N3O3S2/c15-7-9(6-10-3-4-13(20-10)17(18)19)14-16-11(8-22-14)12-2-1-5-21-12/h1-6,8H. The van der Waals surface area contributed by atoms with Crippen molar-refractivity contribution in [2.24, 2.45) is 0 Å².